The Morgan fingerprint density at radius 1 is 1.03 bits per heavy atom. The zero-order valence-electron chi connectivity index (χ0n) is 16.5. The van der Waals surface area contributed by atoms with Crippen molar-refractivity contribution in [1.82, 2.24) is 15.1 Å². The summed E-state index contributed by atoms with van der Waals surface area (Å²) in [6.45, 7) is 0.250. The number of aromatic amines is 1. The van der Waals surface area contributed by atoms with Crippen molar-refractivity contribution < 1.29 is 14.3 Å². The van der Waals surface area contributed by atoms with E-state index in [1.165, 1.54) is 18.2 Å². The van der Waals surface area contributed by atoms with Crippen LogP contribution in [0.4, 0.5) is 4.39 Å². The normalized spacial score (nSPS) is 15.3. The third-order valence-corrected chi connectivity index (χ3v) is 5.98. The maximum absolute atomic E-state index is 13.4. The van der Waals surface area contributed by atoms with E-state index in [9.17, 15) is 14.3 Å². The van der Waals surface area contributed by atoms with Crippen molar-refractivity contribution in [3.05, 3.63) is 105 Å². The minimum Gasteiger partial charge on any atom is -0.507 e. The van der Waals surface area contributed by atoms with Crippen LogP contribution in [0.15, 0.2) is 66.7 Å². The van der Waals surface area contributed by atoms with Crippen molar-refractivity contribution in [1.29, 1.82) is 0 Å². The Balaban J connectivity index is 1.67. The number of aromatic hydroxyl groups is 1. The number of nitrogens with zero attached hydrogens (tertiary/aromatic N) is 2. The minimum absolute atomic E-state index is 0.00187. The van der Waals surface area contributed by atoms with Crippen LogP contribution in [0.3, 0.4) is 0 Å². The standard InChI is InChI=1S/C24H16Cl2FN3O2/c25-15-3-1-2-14(10-15)23-20-21(18-11-16(26)6-9-19(18)31)28-29-22(20)24(32)30(23)12-13-4-7-17(27)8-5-13/h1-11,23,31H,12H2,(H,28,29). The van der Waals surface area contributed by atoms with Gasteiger partial charge in [-0.3, -0.25) is 9.89 Å². The zero-order chi connectivity index (χ0) is 22.4. The van der Waals surface area contributed by atoms with Crippen LogP contribution in [0.5, 0.6) is 5.75 Å². The monoisotopic (exact) mass is 467 g/mol. The van der Waals surface area contributed by atoms with Crippen molar-refractivity contribution in [3.63, 3.8) is 0 Å². The van der Waals surface area contributed by atoms with Gasteiger partial charge in [-0.05, 0) is 53.6 Å². The summed E-state index contributed by atoms with van der Waals surface area (Å²) in [5, 5.41) is 18.6. The summed E-state index contributed by atoms with van der Waals surface area (Å²) in [6, 6.07) is 17.4. The van der Waals surface area contributed by atoms with E-state index in [0.717, 1.165) is 11.1 Å². The van der Waals surface area contributed by atoms with Gasteiger partial charge in [0.1, 0.15) is 23.0 Å². The van der Waals surface area contributed by atoms with Gasteiger partial charge in [-0.15, -0.1) is 0 Å². The number of fused-ring (bicyclic) bond motifs is 1. The summed E-state index contributed by atoms with van der Waals surface area (Å²) in [5.74, 6) is -0.603. The number of halogens is 3. The Morgan fingerprint density at radius 3 is 2.53 bits per heavy atom. The van der Waals surface area contributed by atoms with E-state index in [-0.39, 0.29) is 24.0 Å². The van der Waals surface area contributed by atoms with E-state index < -0.39 is 6.04 Å². The Bertz CT molecular complexity index is 1340. The second-order valence-corrected chi connectivity index (χ2v) is 8.41. The van der Waals surface area contributed by atoms with Crippen LogP contribution in [0.1, 0.15) is 33.2 Å². The summed E-state index contributed by atoms with van der Waals surface area (Å²) >= 11 is 12.4. The molecule has 160 valence electrons. The first-order chi connectivity index (χ1) is 15.4. The molecule has 3 aromatic carbocycles. The highest BCUT2D eigenvalue weighted by atomic mass is 35.5. The molecule has 1 amide bonds. The zero-order valence-corrected chi connectivity index (χ0v) is 18.0. The molecule has 2 N–H and O–H groups in total. The average Bonchev–Trinajstić information content (AvgIpc) is 3.31. The van der Waals surface area contributed by atoms with Crippen molar-refractivity contribution in [2.45, 2.75) is 12.6 Å². The highest BCUT2D eigenvalue weighted by molar-refractivity contribution is 6.31. The molecule has 8 heteroatoms. The van der Waals surface area contributed by atoms with Crippen molar-refractivity contribution in [2.24, 2.45) is 0 Å². The summed E-state index contributed by atoms with van der Waals surface area (Å²) in [7, 11) is 0. The molecule has 2 heterocycles. The number of hydrogen-bond acceptors (Lipinski definition) is 3. The first kappa shape index (κ1) is 20.5. The third-order valence-electron chi connectivity index (χ3n) is 5.51. The molecule has 0 aliphatic carbocycles. The van der Waals surface area contributed by atoms with Crippen LogP contribution in [0.2, 0.25) is 10.0 Å². The molecular weight excluding hydrogens is 452 g/mol. The van der Waals surface area contributed by atoms with Gasteiger partial charge in [0.05, 0.1) is 6.04 Å². The molecule has 1 aromatic heterocycles. The van der Waals surface area contributed by atoms with Crippen LogP contribution < -0.4 is 0 Å². The molecule has 5 rings (SSSR count). The number of phenols is 1. The molecule has 0 spiro atoms. The van der Waals surface area contributed by atoms with Crippen LogP contribution >= 0.6 is 23.2 Å². The summed E-state index contributed by atoms with van der Waals surface area (Å²) in [5.41, 5.74) is 3.36. The number of benzene rings is 3. The van der Waals surface area contributed by atoms with E-state index in [1.54, 1.807) is 41.3 Å². The van der Waals surface area contributed by atoms with Crippen LogP contribution in [-0.2, 0) is 6.54 Å². The number of carbonyl (C=O) groups is 1. The molecule has 0 radical (unpaired) electrons. The quantitative estimate of drug-likeness (QED) is 0.388. The molecule has 1 aliphatic heterocycles. The Morgan fingerprint density at radius 2 is 1.78 bits per heavy atom. The number of rotatable bonds is 4. The SMILES string of the molecule is O=C1c2[nH]nc(-c3cc(Cl)ccc3O)c2C(c2cccc(Cl)c2)N1Cc1ccc(F)cc1. The first-order valence-corrected chi connectivity index (χ1v) is 10.6. The number of carbonyl (C=O) groups excluding carboxylic acids is 1. The number of phenolic OH excluding ortho intramolecular Hbond substituents is 1. The number of amides is 1. The highest BCUT2D eigenvalue weighted by Crippen LogP contribution is 2.45. The van der Waals surface area contributed by atoms with Gasteiger partial charge in [0.25, 0.3) is 5.91 Å². The van der Waals surface area contributed by atoms with Crippen molar-refractivity contribution in [2.75, 3.05) is 0 Å². The summed E-state index contributed by atoms with van der Waals surface area (Å²) in [6.07, 6.45) is 0. The number of aromatic nitrogens is 2. The predicted octanol–water partition coefficient (Wildman–Crippen LogP) is 5.97. The molecule has 1 atom stereocenters. The lowest BCUT2D eigenvalue weighted by molar-refractivity contribution is 0.0730. The fourth-order valence-corrected chi connectivity index (χ4v) is 4.44. The Hall–Kier alpha value is -3.35. The van der Waals surface area contributed by atoms with Gasteiger partial charge in [0, 0.05) is 27.7 Å². The predicted molar refractivity (Wildman–Crippen MR) is 120 cm³/mol. The van der Waals surface area contributed by atoms with Crippen molar-refractivity contribution >= 4 is 29.1 Å². The largest absolute Gasteiger partial charge is 0.507 e. The van der Waals surface area contributed by atoms with Gasteiger partial charge >= 0.3 is 0 Å². The van der Waals surface area contributed by atoms with Gasteiger partial charge in [0.15, 0.2) is 0 Å². The van der Waals surface area contributed by atoms with E-state index >= 15 is 0 Å². The minimum atomic E-state index is -0.520. The molecule has 1 unspecified atom stereocenters. The molecule has 0 bridgehead atoms. The Labute approximate surface area is 193 Å². The van der Waals surface area contributed by atoms with Gasteiger partial charge in [-0.2, -0.15) is 5.10 Å². The second-order valence-electron chi connectivity index (χ2n) is 7.54. The highest BCUT2D eigenvalue weighted by Gasteiger charge is 2.42. The lowest BCUT2D eigenvalue weighted by atomic mass is 9.95. The molecule has 0 saturated heterocycles. The lowest BCUT2D eigenvalue weighted by Gasteiger charge is -2.26. The first-order valence-electron chi connectivity index (χ1n) is 9.80. The van der Waals surface area contributed by atoms with E-state index in [4.69, 9.17) is 23.2 Å². The molecule has 1 aliphatic rings. The van der Waals surface area contributed by atoms with Gasteiger partial charge < -0.3 is 10.0 Å². The van der Waals surface area contributed by atoms with Gasteiger partial charge in [-0.1, -0.05) is 47.5 Å². The number of nitrogens with one attached hydrogen (secondary N) is 1. The smallest absolute Gasteiger partial charge is 0.273 e. The number of H-pyrrole nitrogens is 1. The van der Waals surface area contributed by atoms with Gasteiger partial charge in [-0.25, -0.2) is 4.39 Å². The molecule has 32 heavy (non-hydrogen) atoms. The molecular formula is C24H16Cl2FN3O2. The maximum atomic E-state index is 13.4. The average molecular weight is 468 g/mol. The van der Waals surface area contributed by atoms with Crippen molar-refractivity contribution in [3.8, 4) is 17.0 Å². The van der Waals surface area contributed by atoms with Crippen LogP contribution in [0.25, 0.3) is 11.3 Å². The topological polar surface area (TPSA) is 69.2 Å². The fraction of sp³-hybridized carbons (Fsp3) is 0.0833. The Kier molecular flexibility index (Phi) is 5.12. The molecule has 5 nitrogen and oxygen atoms in total. The van der Waals surface area contributed by atoms with Crippen LogP contribution in [-0.4, -0.2) is 26.1 Å². The van der Waals surface area contributed by atoms with E-state index in [2.05, 4.69) is 10.2 Å². The summed E-state index contributed by atoms with van der Waals surface area (Å²) < 4.78 is 13.4. The molecule has 0 saturated carbocycles. The van der Waals surface area contributed by atoms with E-state index in [0.29, 0.717) is 32.6 Å². The third kappa shape index (κ3) is 3.51. The summed E-state index contributed by atoms with van der Waals surface area (Å²) in [4.78, 5) is 15.1. The molecule has 4 aromatic rings. The molecule has 0 fully saturated rings. The fourth-order valence-electron chi connectivity index (χ4n) is 4.07. The van der Waals surface area contributed by atoms with Crippen LogP contribution in [0, 0.1) is 5.82 Å². The lowest BCUT2D eigenvalue weighted by Crippen LogP contribution is -2.29. The maximum Gasteiger partial charge on any atom is 0.273 e. The van der Waals surface area contributed by atoms with Gasteiger partial charge in [0.2, 0.25) is 0 Å². The second kappa shape index (κ2) is 7.97. The van der Waals surface area contributed by atoms with E-state index in [1.807, 2.05) is 12.1 Å². The number of hydrogen-bond donors (Lipinski definition) is 2.